The number of fused-ring (bicyclic) bond motifs is 1. The molecule has 0 heterocycles. The Bertz CT molecular complexity index is 531. The third-order valence-electron chi connectivity index (χ3n) is 2.02. The predicted octanol–water partition coefficient (Wildman–Crippen LogP) is 2.04. The van der Waals surface area contributed by atoms with Crippen LogP contribution in [0.25, 0.3) is 11.1 Å². The Hall–Kier alpha value is -1.39. The fourth-order valence-corrected chi connectivity index (χ4v) is 1.87. The quantitative estimate of drug-likeness (QED) is 0.729. The van der Waals surface area contributed by atoms with Crippen LogP contribution >= 0.6 is 0 Å². The van der Waals surface area contributed by atoms with E-state index in [0.29, 0.717) is 0 Å². The molecule has 0 saturated carbocycles. The van der Waals surface area contributed by atoms with Crippen LogP contribution in [-0.4, -0.2) is 13.0 Å². The molecule has 3 nitrogen and oxygen atoms in total. The van der Waals surface area contributed by atoms with Crippen molar-refractivity contribution in [2.75, 3.05) is 0 Å². The molecule has 0 aromatic heterocycles. The predicted molar refractivity (Wildman–Crippen MR) is 52.9 cm³/mol. The van der Waals surface area contributed by atoms with Crippen molar-refractivity contribution >= 4 is 10.1 Å². The molecule has 0 fully saturated rings. The van der Waals surface area contributed by atoms with Gasteiger partial charge in [0.05, 0.1) is 4.90 Å². The van der Waals surface area contributed by atoms with Crippen LogP contribution < -0.4 is 0 Å². The van der Waals surface area contributed by atoms with Gasteiger partial charge in [-0.15, -0.1) is 0 Å². The van der Waals surface area contributed by atoms with Crippen LogP contribution in [-0.2, 0) is 10.1 Å². The highest BCUT2D eigenvalue weighted by molar-refractivity contribution is 7.85. The maximum absolute atomic E-state index is 10.9. The number of rotatable bonds is 1. The van der Waals surface area contributed by atoms with Crippen molar-refractivity contribution in [2.24, 2.45) is 0 Å². The van der Waals surface area contributed by atoms with Crippen molar-refractivity contribution in [3.8, 4) is 11.1 Å². The van der Waals surface area contributed by atoms with Crippen molar-refractivity contribution < 1.29 is 13.0 Å². The molecule has 0 spiro atoms. The Morgan fingerprint density at radius 1 is 0.929 bits per heavy atom. The van der Waals surface area contributed by atoms with E-state index in [1.165, 1.54) is 12.1 Å². The van der Waals surface area contributed by atoms with Crippen LogP contribution in [0.4, 0.5) is 0 Å². The van der Waals surface area contributed by atoms with Crippen LogP contribution in [0.15, 0.2) is 47.4 Å². The minimum Gasteiger partial charge on any atom is -0.282 e. The highest BCUT2D eigenvalue weighted by Crippen LogP contribution is 2.23. The maximum Gasteiger partial charge on any atom is 0.294 e. The monoisotopic (exact) mass is 208 g/mol. The van der Waals surface area contributed by atoms with Gasteiger partial charge in [0.1, 0.15) is 0 Å². The van der Waals surface area contributed by atoms with Crippen molar-refractivity contribution in [1.29, 1.82) is 0 Å². The van der Waals surface area contributed by atoms with E-state index in [2.05, 4.69) is 0 Å². The second-order valence-corrected chi connectivity index (χ2v) is 4.41. The summed E-state index contributed by atoms with van der Waals surface area (Å²) < 4.78 is 30.7. The lowest BCUT2D eigenvalue weighted by Gasteiger charge is -1.93. The number of hydrogen-bond donors (Lipinski definition) is 1. The van der Waals surface area contributed by atoms with Gasteiger partial charge >= 0.3 is 0 Å². The van der Waals surface area contributed by atoms with Crippen LogP contribution in [0.1, 0.15) is 0 Å². The third-order valence-corrected chi connectivity index (χ3v) is 2.87. The van der Waals surface area contributed by atoms with E-state index >= 15 is 0 Å². The summed E-state index contributed by atoms with van der Waals surface area (Å²) in [4.78, 5) is -0.0845. The van der Waals surface area contributed by atoms with Crippen LogP contribution in [0.3, 0.4) is 0 Å². The van der Waals surface area contributed by atoms with Crippen LogP contribution in [0.5, 0.6) is 0 Å². The first-order chi connectivity index (χ1) is 6.57. The lowest BCUT2D eigenvalue weighted by Crippen LogP contribution is -1.95. The molecular weight excluding hydrogens is 200 g/mol. The topological polar surface area (TPSA) is 54.4 Å². The zero-order valence-corrected chi connectivity index (χ0v) is 8.03. The second-order valence-electron chi connectivity index (χ2n) is 2.98. The molecule has 0 saturated heterocycles. The van der Waals surface area contributed by atoms with E-state index in [1.54, 1.807) is 18.2 Å². The Labute approximate surface area is 82.1 Å². The highest BCUT2D eigenvalue weighted by Gasteiger charge is 2.10. The van der Waals surface area contributed by atoms with Crippen molar-refractivity contribution in [1.82, 2.24) is 0 Å². The molecule has 0 bridgehead atoms. The van der Waals surface area contributed by atoms with Gasteiger partial charge < -0.3 is 0 Å². The molecule has 0 radical (unpaired) electrons. The summed E-state index contributed by atoms with van der Waals surface area (Å²) in [6, 6.07) is 11.7. The first kappa shape index (κ1) is 9.18. The summed E-state index contributed by atoms with van der Waals surface area (Å²) in [6.07, 6.45) is 0. The average molecular weight is 208 g/mol. The van der Waals surface area contributed by atoms with Gasteiger partial charge in [-0.3, -0.25) is 4.55 Å². The second kappa shape index (κ2) is 3.08. The molecule has 2 aliphatic carbocycles. The summed E-state index contributed by atoms with van der Waals surface area (Å²) in [5.74, 6) is 0. The summed E-state index contributed by atoms with van der Waals surface area (Å²) in [5, 5.41) is 0. The van der Waals surface area contributed by atoms with Gasteiger partial charge in [0, 0.05) is 0 Å². The van der Waals surface area contributed by atoms with Gasteiger partial charge in [-0.05, 0) is 23.3 Å². The molecule has 0 aliphatic heterocycles. The Morgan fingerprint density at radius 3 is 2.14 bits per heavy atom. The van der Waals surface area contributed by atoms with Gasteiger partial charge in [0.2, 0.25) is 0 Å². The van der Waals surface area contributed by atoms with E-state index < -0.39 is 10.1 Å². The van der Waals surface area contributed by atoms with Crippen molar-refractivity contribution in [3.63, 3.8) is 0 Å². The summed E-state index contributed by atoms with van der Waals surface area (Å²) in [6.45, 7) is 0. The van der Waals surface area contributed by atoms with Crippen molar-refractivity contribution in [3.05, 3.63) is 42.5 Å². The molecule has 4 heteroatoms. The molecular formula is C10H8O3S. The fraction of sp³-hybridized carbons (Fsp3) is 0. The minimum atomic E-state index is -4.12. The third kappa shape index (κ3) is 1.62. The fourth-order valence-electron chi connectivity index (χ4n) is 1.34. The molecule has 2 rings (SSSR count). The van der Waals surface area contributed by atoms with E-state index in [4.69, 9.17) is 4.55 Å². The Kier molecular flexibility index (Phi) is 2.02. The molecule has 0 atom stereocenters. The standard InChI is InChI=1S/C10H8O3S/c11-14(12,13)10-6-2-4-8-3-1-5-9(8)7-10/h1-7H,(H,11,12,13). The molecule has 0 unspecified atom stereocenters. The molecule has 14 heavy (non-hydrogen) atoms. The highest BCUT2D eigenvalue weighted by atomic mass is 32.2. The van der Waals surface area contributed by atoms with E-state index in [9.17, 15) is 8.42 Å². The summed E-state index contributed by atoms with van der Waals surface area (Å²) in [5.41, 5.74) is 1.74. The molecule has 0 aromatic carbocycles. The molecule has 0 aromatic rings. The lowest BCUT2D eigenvalue weighted by atomic mass is 10.2. The van der Waals surface area contributed by atoms with Gasteiger partial charge in [-0.2, -0.15) is 8.42 Å². The van der Waals surface area contributed by atoms with E-state index in [-0.39, 0.29) is 4.90 Å². The Balaban J connectivity index is 2.72. The van der Waals surface area contributed by atoms with Crippen LogP contribution in [0, 0.1) is 0 Å². The average Bonchev–Trinajstić information content (AvgIpc) is 2.41. The minimum absolute atomic E-state index is 0.0845. The largest absolute Gasteiger partial charge is 0.294 e. The van der Waals surface area contributed by atoms with Crippen molar-refractivity contribution in [2.45, 2.75) is 4.90 Å². The SMILES string of the molecule is O=S(=O)(O)c1cccc2cccc-2c1. The van der Waals surface area contributed by atoms with Gasteiger partial charge in [-0.25, -0.2) is 0 Å². The molecule has 0 amide bonds. The zero-order chi connectivity index (χ0) is 10.2. The maximum atomic E-state index is 10.9. The first-order valence-electron chi connectivity index (χ1n) is 4.04. The molecule has 72 valence electrons. The molecule has 2 aliphatic rings. The number of hydrogen-bond acceptors (Lipinski definition) is 2. The first-order valence-corrected chi connectivity index (χ1v) is 5.48. The lowest BCUT2D eigenvalue weighted by molar-refractivity contribution is 0.483. The smallest absolute Gasteiger partial charge is 0.282 e. The summed E-state index contributed by atoms with van der Waals surface area (Å²) >= 11 is 0. The Morgan fingerprint density at radius 2 is 1.50 bits per heavy atom. The zero-order valence-electron chi connectivity index (χ0n) is 7.21. The van der Waals surface area contributed by atoms with Gasteiger partial charge in [-0.1, -0.05) is 30.3 Å². The van der Waals surface area contributed by atoms with Crippen LogP contribution in [0.2, 0.25) is 0 Å². The molecule has 1 N–H and O–H groups in total. The van der Waals surface area contributed by atoms with Gasteiger partial charge in [0.25, 0.3) is 10.1 Å². The summed E-state index contributed by atoms with van der Waals surface area (Å²) in [7, 11) is -4.12. The van der Waals surface area contributed by atoms with E-state index in [0.717, 1.165) is 11.1 Å². The van der Waals surface area contributed by atoms with Gasteiger partial charge in [0.15, 0.2) is 0 Å². The van der Waals surface area contributed by atoms with E-state index in [1.807, 2.05) is 12.1 Å². The normalized spacial score (nSPS) is 11.8.